The summed E-state index contributed by atoms with van der Waals surface area (Å²) in [6.07, 6.45) is 6.78. The summed E-state index contributed by atoms with van der Waals surface area (Å²) in [4.78, 5) is 10.1. The highest BCUT2D eigenvalue weighted by Gasteiger charge is 2.19. The van der Waals surface area contributed by atoms with Crippen molar-refractivity contribution >= 4 is 0 Å². The molecule has 1 atom stereocenters. The number of H-pyrrole nitrogens is 1. The van der Waals surface area contributed by atoms with E-state index < -0.39 is 0 Å². The Morgan fingerprint density at radius 3 is 2.96 bits per heavy atom. The van der Waals surface area contributed by atoms with E-state index in [-0.39, 0.29) is 0 Å². The third-order valence-corrected chi connectivity index (χ3v) is 4.78. The minimum Gasteiger partial charge on any atom is -0.348 e. The molecule has 3 rings (SSSR count). The zero-order valence-corrected chi connectivity index (χ0v) is 14.1. The average Bonchev–Trinajstić information content (AvgIpc) is 2.99. The molecule has 1 aliphatic heterocycles. The number of aromatic nitrogens is 2. The second kappa shape index (κ2) is 8.27. The molecule has 0 aliphatic carbocycles. The van der Waals surface area contributed by atoms with Crippen molar-refractivity contribution in [1.82, 2.24) is 20.2 Å². The Bertz CT molecular complexity index is 578. The van der Waals surface area contributed by atoms with Crippen LogP contribution >= 0.6 is 0 Å². The molecule has 124 valence electrons. The third kappa shape index (κ3) is 4.91. The molecule has 4 heteroatoms. The smallest absolute Gasteiger partial charge is 0.0925 e. The van der Waals surface area contributed by atoms with Crippen LogP contribution in [0.4, 0.5) is 0 Å². The first kappa shape index (κ1) is 16.2. The number of nitrogens with one attached hydrogen (secondary N) is 2. The van der Waals surface area contributed by atoms with Crippen LogP contribution in [0, 0.1) is 6.92 Å². The van der Waals surface area contributed by atoms with Gasteiger partial charge in [-0.1, -0.05) is 30.3 Å². The van der Waals surface area contributed by atoms with Crippen LogP contribution in [0.3, 0.4) is 0 Å². The summed E-state index contributed by atoms with van der Waals surface area (Å²) in [5, 5.41) is 3.68. The van der Waals surface area contributed by atoms with E-state index >= 15 is 0 Å². The molecule has 0 radical (unpaired) electrons. The summed E-state index contributed by atoms with van der Waals surface area (Å²) < 4.78 is 0. The molecule has 0 spiro atoms. The highest BCUT2D eigenvalue weighted by molar-refractivity contribution is 5.14. The first-order valence-electron chi connectivity index (χ1n) is 8.80. The van der Waals surface area contributed by atoms with E-state index in [4.69, 9.17) is 0 Å². The Hall–Kier alpha value is -1.65. The summed E-state index contributed by atoms with van der Waals surface area (Å²) in [5.41, 5.74) is 3.77. The molecule has 1 unspecified atom stereocenters. The number of aromatic amines is 1. The molecule has 1 aromatic carbocycles. The number of likely N-dealkylation sites (tertiary alicyclic amines) is 1. The van der Waals surface area contributed by atoms with Gasteiger partial charge in [0.2, 0.25) is 0 Å². The Labute approximate surface area is 139 Å². The second-order valence-corrected chi connectivity index (χ2v) is 6.58. The number of hydrogen-bond acceptors (Lipinski definition) is 3. The number of rotatable bonds is 7. The van der Waals surface area contributed by atoms with E-state index in [2.05, 4.69) is 57.4 Å². The Morgan fingerprint density at radius 1 is 1.30 bits per heavy atom. The van der Waals surface area contributed by atoms with E-state index in [0.717, 1.165) is 18.8 Å². The van der Waals surface area contributed by atoms with E-state index in [9.17, 15) is 0 Å². The number of hydrogen-bond donors (Lipinski definition) is 2. The van der Waals surface area contributed by atoms with E-state index in [1.165, 1.54) is 50.0 Å². The lowest BCUT2D eigenvalue weighted by Gasteiger charge is -2.33. The van der Waals surface area contributed by atoms with Crippen molar-refractivity contribution in [1.29, 1.82) is 0 Å². The highest BCUT2D eigenvalue weighted by atomic mass is 15.2. The summed E-state index contributed by atoms with van der Waals surface area (Å²) in [6.45, 7) is 6.57. The third-order valence-electron chi connectivity index (χ3n) is 4.78. The highest BCUT2D eigenvalue weighted by Crippen LogP contribution is 2.12. The minimum absolute atomic E-state index is 0.594. The summed E-state index contributed by atoms with van der Waals surface area (Å²) in [7, 11) is 0. The molecular formula is C19H28N4. The van der Waals surface area contributed by atoms with Crippen molar-refractivity contribution < 1.29 is 0 Å². The van der Waals surface area contributed by atoms with Gasteiger partial charge in [-0.15, -0.1) is 0 Å². The number of aryl methyl sites for hydroxylation is 2. The van der Waals surface area contributed by atoms with E-state index in [0.29, 0.717) is 6.04 Å². The molecule has 0 saturated carbocycles. The molecule has 1 saturated heterocycles. The lowest BCUT2D eigenvalue weighted by molar-refractivity contribution is 0.188. The number of nitrogens with zero attached hydrogens (tertiary/aromatic N) is 2. The maximum atomic E-state index is 4.37. The molecule has 0 bridgehead atoms. The number of benzene rings is 1. The fraction of sp³-hybridized carbons (Fsp3) is 0.526. The van der Waals surface area contributed by atoms with Gasteiger partial charge >= 0.3 is 0 Å². The molecule has 1 fully saturated rings. The first-order chi connectivity index (χ1) is 11.3. The van der Waals surface area contributed by atoms with Crippen LogP contribution in [0.25, 0.3) is 0 Å². The Kier molecular flexibility index (Phi) is 5.83. The maximum absolute atomic E-state index is 4.37. The van der Waals surface area contributed by atoms with Gasteiger partial charge in [0.1, 0.15) is 0 Å². The van der Waals surface area contributed by atoms with Crippen molar-refractivity contribution in [2.24, 2.45) is 0 Å². The molecule has 2 aromatic rings. The molecule has 1 aliphatic rings. The second-order valence-electron chi connectivity index (χ2n) is 6.58. The molecular weight excluding hydrogens is 284 g/mol. The van der Waals surface area contributed by atoms with Gasteiger partial charge in [0, 0.05) is 24.8 Å². The van der Waals surface area contributed by atoms with Gasteiger partial charge < -0.3 is 15.2 Å². The predicted molar refractivity (Wildman–Crippen MR) is 94.4 cm³/mol. The van der Waals surface area contributed by atoms with Crippen LogP contribution in [-0.2, 0) is 13.0 Å². The Balaban J connectivity index is 1.38. The largest absolute Gasteiger partial charge is 0.348 e. The average molecular weight is 312 g/mol. The fourth-order valence-corrected chi connectivity index (χ4v) is 3.38. The van der Waals surface area contributed by atoms with Gasteiger partial charge in [0.05, 0.1) is 12.0 Å². The van der Waals surface area contributed by atoms with Gasteiger partial charge in [-0.05, 0) is 51.3 Å². The monoisotopic (exact) mass is 312 g/mol. The molecule has 1 aromatic heterocycles. The molecule has 2 N–H and O–H groups in total. The van der Waals surface area contributed by atoms with Crippen LogP contribution < -0.4 is 5.32 Å². The quantitative estimate of drug-likeness (QED) is 0.826. The van der Waals surface area contributed by atoms with Crippen molar-refractivity contribution in [3.8, 4) is 0 Å². The SMILES string of the molecule is Cc1[nH]cnc1CNC1CCCN(CCCc2ccccc2)C1. The van der Waals surface area contributed by atoms with Crippen LogP contribution in [0.2, 0.25) is 0 Å². The molecule has 23 heavy (non-hydrogen) atoms. The number of imidazole rings is 1. The predicted octanol–water partition coefficient (Wildman–Crippen LogP) is 2.90. The molecule has 4 nitrogen and oxygen atoms in total. The van der Waals surface area contributed by atoms with Crippen molar-refractivity contribution in [3.05, 3.63) is 53.6 Å². The van der Waals surface area contributed by atoms with Gasteiger partial charge in [0.15, 0.2) is 0 Å². The van der Waals surface area contributed by atoms with Gasteiger partial charge in [-0.3, -0.25) is 0 Å². The maximum Gasteiger partial charge on any atom is 0.0925 e. The van der Waals surface area contributed by atoms with Crippen molar-refractivity contribution in [2.45, 2.75) is 45.2 Å². The standard InChI is InChI=1S/C19H28N4/c1-16-19(22-15-21-16)13-20-18-10-6-12-23(14-18)11-5-9-17-7-3-2-4-8-17/h2-4,7-8,15,18,20H,5-6,9-14H2,1H3,(H,21,22). The van der Waals surface area contributed by atoms with Gasteiger partial charge in [-0.2, -0.15) is 0 Å². The van der Waals surface area contributed by atoms with Crippen molar-refractivity contribution in [3.63, 3.8) is 0 Å². The fourth-order valence-electron chi connectivity index (χ4n) is 3.38. The van der Waals surface area contributed by atoms with Crippen LogP contribution in [-0.4, -0.2) is 40.5 Å². The minimum atomic E-state index is 0.594. The lowest BCUT2D eigenvalue weighted by atomic mass is 10.0. The van der Waals surface area contributed by atoms with Crippen molar-refractivity contribution in [2.75, 3.05) is 19.6 Å². The molecule has 0 amide bonds. The van der Waals surface area contributed by atoms with Crippen LogP contribution in [0.1, 0.15) is 36.2 Å². The zero-order valence-electron chi connectivity index (χ0n) is 14.1. The zero-order chi connectivity index (χ0) is 15.9. The van der Waals surface area contributed by atoms with Gasteiger partial charge in [-0.25, -0.2) is 4.98 Å². The van der Waals surface area contributed by atoms with Crippen LogP contribution in [0.15, 0.2) is 36.7 Å². The molecule has 2 heterocycles. The Morgan fingerprint density at radius 2 is 2.17 bits per heavy atom. The van der Waals surface area contributed by atoms with E-state index in [1.807, 2.05) is 0 Å². The number of piperidine rings is 1. The van der Waals surface area contributed by atoms with Gasteiger partial charge in [0.25, 0.3) is 0 Å². The first-order valence-corrected chi connectivity index (χ1v) is 8.80. The van der Waals surface area contributed by atoms with Crippen LogP contribution in [0.5, 0.6) is 0 Å². The summed E-state index contributed by atoms with van der Waals surface area (Å²) in [5.74, 6) is 0. The van der Waals surface area contributed by atoms with E-state index in [1.54, 1.807) is 6.33 Å². The normalized spacial score (nSPS) is 19.1. The topological polar surface area (TPSA) is 44.0 Å². The summed E-state index contributed by atoms with van der Waals surface area (Å²) in [6, 6.07) is 11.4. The summed E-state index contributed by atoms with van der Waals surface area (Å²) >= 11 is 0. The lowest BCUT2D eigenvalue weighted by Crippen LogP contribution is -2.45.